The summed E-state index contributed by atoms with van der Waals surface area (Å²) in [5, 5.41) is 5.59. The Bertz CT molecular complexity index is 251. The molecule has 0 aromatic rings. The number of hydrogen-bond acceptors (Lipinski definition) is 2. The third-order valence-electron chi connectivity index (χ3n) is 2.92. The summed E-state index contributed by atoms with van der Waals surface area (Å²) >= 11 is 0. The SMILES string of the molecule is CC(C)C1NC(=O)C(C2CC2)NC1=O. The first-order valence-electron chi connectivity index (χ1n) is 5.20. The summed E-state index contributed by atoms with van der Waals surface area (Å²) in [6.45, 7) is 3.87. The number of rotatable bonds is 2. The Hall–Kier alpha value is -1.06. The molecule has 1 saturated heterocycles. The molecule has 14 heavy (non-hydrogen) atoms. The molecule has 2 fully saturated rings. The highest BCUT2D eigenvalue weighted by molar-refractivity contribution is 5.97. The first-order valence-corrected chi connectivity index (χ1v) is 5.20. The van der Waals surface area contributed by atoms with Crippen molar-refractivity contribution in [2.75, 3.05) is 0 Å². The van der Waals surface area contributed by atoms with Gasteiger partial charge in [0.15, 0.2) is 0 Å². The van der Waals surface area contributed by atoms with E-state index < -0.39 is 0 Å². The predicted molar refractivity (Wildman–Crippen MR) is 51.4 cm³/mol. The molecule has 0 spiro atoms. The standard InChI is InChI=1S/C10H16N2O2/c1-5(2)7-9(13)12-8(6-3-4-6)10(14)11-7/h5-8H,3-4H2,1-2H3,(H,11,14)(H,12,13). The Morgan fingerprint density at radius 3 is 2.29 bits per heavy atom. The second-order valence-electron chi connectivity index (χ2n) is 4.55. The topological polar surface area (TPSA) is 58.2 Å². The molecule has 1 aliphatic carbocycles. The van der Waals surface area contributed by atoms with Crippen LogP contribution < -0.4 is 10.6 Å². The number of carbonyl (C=O) groups excluding carboxylic acids is 2. The van der Waals surface area contributed by atoms with Gasteiger partial charge in [0.1, 0.15) is 12.1 Å². The molecule has 4 nitrogen and oxygen atoms in total. The monoisotopic (exact) mass is 196 g/mol. The molecular weight excluding hydrogens is 180 g/mol. The normalized spacial score (nSPS) is 32.8. The first-order chi connectivity index (χ1) is 6.59. The van der Waals surface area contributed by atoms with Crippen molar-refractivity contribution in [3.63, 3.8) is 0 Å². The maximum Gasteiger partial charge on any atom is 0.243 e. The van der Waals surface area contributed by atoms with E-state index in [-0.39, 0.29) is 29.8 Å². The van der Waals surface area contributed by atoms with Crippen LogP contribution in [0.4, 0.5) is 0 Å². The Morgan fingerprint density at radius 1 is 1.14 bits per heavy atom. The van der Waals surface area contributed by atoms with Gasteiger partial charge in [-0.3, -0.25) is 9.59 Å². The fraction of sp³-hybridized carbons (Fsp3) is 0.800. The van der Waals surface area contributed by atoms with E-state index in [1.54, 1.807) is 0 Å². The van der Waals surface area contributed by atoms with E-state index in [0.29, 0.717) is 5.92 Å². The van der Waals surface area contributed by atoms with Crippen LogP contribution in [0.25, 0.3) is 0 Å². The van der Waals surface area contributed by atoms with Crippen LogP contribution in [0.3, 0.4) is 0 Å². The van der Waals surface area contributed by atoms with Crippen molar-refractivity contribution >= 4 is 11.8 Å². The molecule has 2 aliphatic rings. The molecule has 1 saturated carbocycles. The Balaban J connectivity index is 2.04. The van der Waals surface area contributed by atoms with E-state index >= 15 is 0 Å². The maximum absolute atomic E-state index is 11.6. The van der Waals surface area contributed by atoms with Crippen LogP contribution in [-0.4, -0.2) is 23.9 Å². The lowest BCUT2D eigenvalue weighted by molar-refractivity contribution is -0.138. The molecule has 1 heterocycles. The van der Waals surface area contributed by atoms with Crippen molar-refractivity contribution in [1.82, 2.24) is 10.6 Å². The van der Waals surface area contributed by atoms with Crippen molar-refractivity contribution in [2.24, 2.45) is 11.8 Å². The van der Waals surface area contributed by atoms with E-state index in [4.69, 9.17) is 0 Å². The number of piperazine rings is 1. The molecular formula is C10H16N2O2. The quantitative estimate of drug-likeness (QED) is 0.655. The van der Waals surface area contributed by atoms with E-state index in [0.717, 1.165) is 12.8 Å². The van der Waals surface area contributed by atoms with Gasteiger partial charge in [-0.2, -0.15) is 0 Å². The number of nitrogens with one attached hydrogen (secondary N) is 2. The number of hydrogen-bond donors (Lipinski definition) is 2. The van der Waals surface area contributed by atoms with E-state index in [1.165, 1.54) is 0 Å². The van der Waals surface area contributed by atoms with Gasteiger partial charge in [0.05, 0.1) is 0 Å². The minimum atomic E-state index is -0.350. The van der Waals surface area contributed by atoms with Gasteiger partial charge < -0.3 is 10.6 Å². The Labute approximate surface area is 83.4 Å². The van der Waals surface area contributed by atoms with Crippen molar-refractivity contribution in [2.45, 2.75) is 38.8 Å². The van der Waals surface area contributed by atoms with Gasteiger partial charge in [0, 0.05) is 0 Å². The molecule has 2 unspecified atom stereocenters. The van der Waals surface area contributed by atoms with Crippen LogP contribution in [0.5, 0.6) is 0 Å². The van der Waals surface area contributed by atoms with Gasteiger partial charge in [0.25, 0.3) is 0 Å². The Kier molecular flexibility index (Phi) is 2.21. The highest BCUT2D eigenvalue weighted by atomic mass is 16.2. The largest absolute Gasteiger partial charge is 0.342 e. The molecule has 2 amide bonds. The van der Waals surface area contributed by atoms with Crippen LogP contribution in [0.2, 0.25) is 0 Å². The number of amides is 2. The van der Waals surface area contributed by atoms with Crippen molar-refractivity contribution in [1.29, 1.82) is 0 Å². The zero-order valence-corrected chi connectivity index (χ0v) is 8.54. The molecule has 0 aromatic carbocycles. The zero-order chi connectivity index (χ0) is 10.3. The molecule has 2 N–H and O–H groups in total. The van der Waals surface area contributed by atoms with Gasteiger partial charge in [0.2, 0.25) is 11.8 Å². The maximum atomic E-state index is 11.6. The summed E-state index contributed by atoms with van der Waals surface area (Å²) in [4.78, 5) is 23.2. The summed E-state index contributed by atoms with van der Waals surface area (Å²) in [5.41, 5.74) is 0. The smallest absolute Gasteiger partial charge is 0.243 e. The molecule has 2 atom stereocenters. The second-order valence-corrected chi connectivity index (χ2v) is 4.55. The van der Waals surface area contributed by atoms with Gasteiger partial charge in [-0.1, -0.05) is 13.8 Å². The van der Waals surface area contributed by atoms with Crippen molar-refractivity contribution < 1.29 is 9.59 Å². The highest BCUT2D eigenvalue weighted by Crippen LogP contribution is 2.33. The minimum absolute atomic E-state index is 0.00852. The van der Waals surface area contributed by atoms with Gasteiger partial charge in [-0.15, -0.1) is 0 Å². The predicted octanol–water partition coefficient (Wildman–Crippen LogP) is 0.0356. The fourth-order valence-electron chi connectivity index (χ4n) is 1.85. The fourth-order valence-corrected chi connectivity index (χ4v) is 1.85. The second kappa shape index (κ2) is 3.26. The lowest BCUT2D eigenvalue weighted by Gasteiger charge is -2.31. The van der Waals surface area contributed by atoms with Gasteiger partial charge >= 0.3 is 0 Å². The highest BCUT2D eigenvalue weighted by Gasteiger charge is 2.43. The van der Waals surface area contributed by atoms with Crippen molar-refractivity contribution in [3.8, 4) is 0 Å². The van der Waals surface area contributed by atoms with Gasteiger partial charge in [-0.25, -0.2) is 0 Å². The van der Waals surface area contributed by atoms with Crippen molar-refractivity contribution in [3.05, 3.63) is 0 Å². The van der Waals surface area contributed by atoms with Gasteiger partial charge in [-0.05, 0) is 24.7 Å². The third kappa shape index (κ3) is 1.61. The summed E-state index contributed by atoms with van der Waals surface area (Å²) in [6.07, 6.45) is 2.12. The van der Waals surface area contributed by atoms with Crippen LogP contribution >= 0.6 is 0 Å². The lowest BCUT2D eigenvalue weighted by Crippen LogP contribution is -2.63. The summed E-state index contributed by atoms with van der Waals surface area (Å²) < 4.78 is 0. The molecule has 0 bridgehead atoms. The summed E-state index contributed by atoms with van der Waals surface area (Å²) in [6, 6.07) is -0.616. The average Bonchev–Trinajstić information content (AvgIpc) is 2.91. The Morgan fingerprint density at radius 2 is 1.79 bits per heavy atom. The zero-order valence-electron chi connectivity index (χ0n) is 8.54. The summed E-state index contributed by atoms with van der Waals surface area (Å²) in [7, 11) is 0. The summed E-state index contributed by atoms with van der Waals surface area (Å²) in [5.74, 6) is 0.494. The van der Waals surface area contributed by atoms with E-state index in [2.05, 4.69) is 10.6 Å². The molecule has 1 aliphatic heterocycles. The first kappa shape index (κ1) is 9.49. The average molecular weight is 196 g/mol. The molecule has 4 heteroatoms. The molecule has 0 aromatic heterocycles. The van der Waals surface area contributed by atoms with E-state index in [9.17, 15) is 9.59 Å². The van der Waals surface area contributed by atoms with Crippen LogP contribution in [0.1, 0.15) is 26.7 Å². The molecule has 2 rings (SSSR count). The van der Waals surface area contributed by atoms with Crippen LogP contribution in [0.15, 0.2) is 0 Å². The van der Waals surface area contributed by atoms with E-state index in [1.807, 2.05) is 13.8 Å². The molecule has 78 valence electrons. The van der Waals surface area contributed by atoms with Crippen LogP contribution in [0, 0.1) is 11.8 Å². The number of carbonyl (C=O) groups is 2. The minimum Gasteiger partial charge on any atom is -0.342 e. The lowest BCUT2D eigenvalue weighted by atomic mass is 9.98. The molecule has 0 radical (unpaired) electrons. The van der Waals surface area contributed by atoms with Crippen LogP contribution in [-0.2, 0) is 9.59 Å². The third-order valence-corrected chi connectivity index (χ3v) is 2.92.